The molecule has 134 valence electrons. The predicted octanol–water partition coefficient (Wildman–Crippen LogP) is 1.98. The average Bonchev–Trinajstić information content (AvgIpc) is 3.11. The zero-order chi connectivity index (χ0) is 18.5. The van der Waals surface area contributed by atoms with Crippen LogP contribution in [0.25, 0.3) is 0 Å². The number of nitrogens with zero attached hydrogens (tertiary/aromatic N) is 2. The van der Waals surface area contributed by atoms with E-state index in [1.807, 2.05) is 46.8 Å². The fraction of sp³-hybridized carbons (Fsp3) is 0.471. The molecule has 0 aliphatic carbocycles. The maximum Gasteiger partial charge on any atom is 0.498 e. The maximum absolute atomic E-state index is 12.7. The van der Waals surface area contributed by atoms with Crippen LogP contribution in [-0.2, 0) is 25.8 Å². The molecule has 0 spiro atoms. The number of benzene rings is 1. The molecule has 2 aromatic rings. The summed E-state index contributed by atoms with van der Waals surface area (Å²) in [7, 11) is -4.38. The van der Waals surface area contributed by atoms with Gasteiger partial charge in [0.25, 0.3) is 10.0 Å². The van der Waals surface area contributed by atoms with Crippen molar-refractivity contribution in [1.29, 1.82) is 0 Å². The molecule has 1 aromatic carbocycles. The molecule has 1 saturated heterocycles. The van der Waals surface area contributed by atoms with E-state index in [2.05, 4.69) is 5.10 Å². The quantitative estimate of drug-likeness (QED) is 0.778. The topological polar surface area (TPSA) is 70.4 Å². The molecule has 8 heteroatoms. The fourth-order valence-corrected chi connectivity index (χ4v) is 3.68. The van der Waals surface area contributed by atoms with Gasteiger partial charge in [0.15, 0.2) is 0 Å². The van der Waals surface area contributed by atoms with E-state index in [0.717, 1.165) is 16.1 Å². The smallest absolute Gasteiger partial charge is 0.399 e. The molecule has 1 aromatic heterocycles. The van der Waals surface area contributed by atoms with Gasteiger partial charge in [-0.15, -0.1) is 0 Å². The minimum atomic E-state index is -3.74. The van der Waals surface area contributed by atoms with Crippen LogP contribution in [0.3, 0.4) is 0 Å². The molecular formula is C17H23BN2O4S. The van der Waals surface area contributed by atoms with E-state index in [9.17, 15) is 8.42 Å². The van der Waals surface area contributed by atoms with Crippen molar-refractivity contribution in [3.05, 3.63) is 42.2 Å². The van der Waals surface area contributed by atoms with E-state index in [-0.39, 0.29) is 4.90 Å². The lowest BCUT2D eigenvalue weighted by Gasteiger charge is -2.32. The van der Waals surface area contributed by atoms with Crippen molar-refractivity contribution in [3.8, 4) is 0 Å². The lowest BCUT2D eigenvalue weighted by atomic mass is 9.82. The summed E-state index contributed by atoms with van der Waals surface area (Å²) in [6.45, 7) is 9.81. The molecule has 1 fully saturated rings. The van der Waals surface area contributed by atoms with Crippen molar-refractivity contribution in [1.82, 2.24) is 9.19 Å². The van der Waals surface area contributed by atoms with E-state index in [0.29, 0.717) is 5.46 Å². The van der Waals surface area contributed by atoms with Crippen molar-refractivity contribution < 1.29 is 17.7 Å². The van der Waals surface area contributed by atoms with Gasteiger partial charge in [-0.2, -0.15) is 17.6 Å². The van der Waals surface area contributed by atoms with Crippen LogP contribution in [0.4, 0.5) is 0 Å². The Kier molecular flexibility index (Phi) is 4.34. The van der Waals surface area contributed by atoms with E-state index < -0.39 is 28.3 Å². The monoisotopic (exact) mass is 362 g/mol. The summed E-state index contributed by atoms with van der Waals surface area (Å²) < 4.78 is 38.3. The first-order valence-corrected chi connectivity index (χ1v) is 9.75. The Hall–Kier alpha value is -1.64. The van der Waals surface area contributed by atoms with Crippen LogP contribution < -0.4 is 5.46 Å². The van der Waals surface area contributed by atoms with E-state index in [1.165, 1.54) is 12.4 Å². The van der Waals surface area contributed by atoms with Crippen LogP contribution in [0.2, 0.25) is 0 Å². The van der Waals surface area contributed by atoms with Crippen LogP contribution in [0.1, 0.15) is 40.2 Å². The Labute approximate surface area is 149 Å². The largest absolute Gasteiger partial charge is 0.498 e. The number of hydrogen-bond acceptors (Lipinski definition) is 5. The fourth-order valence-electron chi connectivity index (χ4n) is 2.56. The highest BCUT2D eigenvalue weighted by molar-refractivity contribution is 7.89. The molecule has 6 nitrogen and oxygen atoms in total. The summed E-state index contributed by atoms with van der Waals surface area (Å²) >= 11 is 0. The molecule has 0 unspecified atom stereocenters. The van der Waals surface area contributed by atoms with Gasteiger partial charge in [0.2, 0.25) is 0 Å². The second kappa shape index (κ2) is 5.97. The van der Waals surface area contributed by atoms with Gasteiger partial charge in [-0.05, 0) is 51.8 Å². The van der Waals surface area contributed by atoms with Gasteiger partial charge in [-0.3, -0.25) is 0 Å². The van der Waals surface area contributed by atoms with E-state index in [4.69, 9.17) is 9.31 Å². The highest BCUT2D eigenvalue weighted by Crippen LogP contribution is 2.36. The number of aromatic nitrogens is 2. The maximum atomic E-state index is 12.7. The summed E-state index contributed by atoms with van der Waals surface area (Å²) in [5, 5.41) is 4.02. The van der Waals surface area contributed by atoms with Gasteiger partial charge < -0.3 is 9.31 Å². The second-order valence-electron chi connectivity index (χ2n) is 7.24. The molecule has 1 aliphatic rings. The van der Waals surface area contributed by atoms with Crippen LogP contribution in [0, 0.1) is 0 Å². The van der Waals surface area contributed by atoms with Crippen molar-refractivity contribution >= 4 is 22.6 Å². The Morgan fingerprint density at radius 2 is 1.64 bits per heavy atom. The van der Waals surface area contributed by atoms with Gasteiger partial charge in [-0.1, -0.05) is 19.1 Å². The lowest BCUT2D eigenvalue weighted by molar-refractivity contribution is 0.00578. The third kappa shape index (κ3) is 3.14. The summed E-state index contributed by atoms with van der Waals surface area (Å²) in [5.74, 6) is 0. The molecule has 0 bridgehead atoms. The first kappa shape index (κ1) is 18.2. The van der Waals surface area contributed by atoms with E-state index in [1.54, 1.807) is 12.1 Å². The number of rotatable bonds is 4. The van der Waals surface area contributed by atoms with Gasteiger partial charge in [0, 0.05) is 17.9 Å². The van der Waals surface area contributed by atoms with Gasteiger partial charge >= 0.3 is 7.12 Å². The lowest BCUT2D eigenvalue weighted by Crippen LogP contribution is -2.41. The first-order valence-electron chi connectivity index (χ1n) is 8.31. The van der Waals surface area contributed by atoms with Crippen molar-refractivity contribution in [2.24, 2.45) is 0 Å². The average molecular weight is 362 g/mol. The molecule has 2 heterocycles. The zero-order valence-electron chi connectivity index (χ0n) is 15.2. The van der Waals surface area contributed by atoms with Gasteiger partial charge in [0.05, 0.1) is 16.1 Å². The predicted molar refractivity (Wildman–Crippen MR) is 96.3 cm³/mol. The third-order valence-electron chi connectivity index (χ3n) is 4.98. The Balaban J connectivity index is 1.88. The normalized spacial score (nSPS) is 19.3. The van der Waals surface area contributed by atoms with Crippen molar-refractivity contribution in [2.45, 2.75) is 57.1 Å². The molecule has 0 radical (unpaired) electrons. The Morgan fingerprint density at radius 3 is 2.16 bits per heavy atom. The summed E-state index contributed by atoms with van der Waals surface area (Å²) in [5.41, 5.74) is 0.674. The summed E-state index contributed by atoms with van der Waals surface area (Å²) in [4.78, 5) is 0.202. The SMILES string of the molecule is CCc1ccc(S(=O)(=O)n2cc(B3OC(C)(C)C(C)(C)O3)cn2)cc1. The van der Waals surface area contributed by atoms with Crippen molar-refractivity contribution in [3.63, 3.8) is 0 Å². The molecule has 0 amide bonds. The molecule has 0 N–H and O–H groups in total. The Bertz CT molecular complexity index is 856. The molecule has 3 rings (SSSR count). The Morgan fingerprint density at radius 1 is 1.08 bits per heavy atom. The minimum absolute atomic E-state index is 0.202. The molecule has 25 heavy (non-hydrogen) atoms. The summed E-state index contributed by atoms with van der Waals surface area (Å²) in [6, 6.07) is 6.83. The molecule has 1 aliphatic heterocycles. The number of aryl methyl sites for hydroxylation is 1. The van der Waals surface area contributed by atoms with Crippen LogP contribution in [0.15, 0.2) is 41.6 Å². The van der Waals surface area contributed by atoms with Crippen LogP contribution in [0.5, 0.6) is 0 Å². The summed E-state index contributed by atoms with van der Waals surface area (Å²) in [6.07, 6.45) is 3.78. The van der Waals surface area contributed by atoms with Crippen molar-refractivity contribution in [2.75, 3.05) is 0 Å². The molecule has 0 saturated carbocycles. The first-order chi connectivity index (χ1) is 11.6. The molecule has 0 atom stereocenters. The zero-order valence-corrected chi connectivity index (χ0v) is 16.0. The highest BCUT2D eigenvalue weighted by atomic mass is 32.2. The van der Waals surface area contributed by atoms with Gasteiger partial charge in [-0.25, -0.2) is 0 Å². The van der Waals surface area contributed by atoms with E-state index >= 15 is 0 Å². The molecular weight excluding hydrogens is 339 g/mol. The number of hydrogen-bond donors (Lipinski definition) is 0. The highest BCUT2D eigenvalue weighted by Gasteiger charge is 2.52. The standard InChI is InChI=1S/C17H23BN2O4S/c1-6-13-7-9-15(10-8-13)25(21,22)20-12-14(11-19-20)18-23-16(2,3)17(4,5)24-18/h7-12H,6H2,1-5H3. The third-order valence-corrected chi connectivity index (χ3v) is 6.54. The van der Waals surface area contributed by atoms with Crippen LogP contribution >= 0.6 is 0 Å². The van der Waals surface area contributed by atoms with Gasteiger partial charge in [0.1, 0.15) is 0 Å². The minimum Gasteiger partial charge on any atom is -0.399 e. The second-order valence-corrected chi connectivity index (χ2v) is 9.03. The van der Waals surface area contributed by atoms with Crippen LogP contribution in [-0.4, -0.2) is 35.9 Å².